The number of carbonyl (C=O) groups excluding carboxylic acids is 3. The third-order valence-electron chi connectivity index (χ3n) is 7.19. The molecule has 2 fully saturated rings. The minimum atomic E-state index is -0.790. The first-order chi connectivity index (χ1) is 17.0. The van der Waals surface area contributed by atoms with Gasteiger partial charge in [-0.25, -0.2) is 4.90 Å². The van der Waals surface area contributed by atoms with E-state index in [4.69, 9.17) is 4.74 Å². The molecule has 0 unspecified atom stereocenters. The molecule has 7 heteroatoms. The van der Waals surface area contributed by atoms with Crippen molar-refractivity contribution < 1.29 is 19.1 Å². The van der Waals surface area contributed by atoms with Crippen LogP contribution in [0.15, 0.2) is 83.5 Å². The summed E-state index contributed by atoms with van der Waals surface area (Å²) in [6, 6.07) is 20.6. The summed E-state index contributed by atoms with van der Waals surface area (Å²) in [7, 11) is 1.56. The van der Waals surface area contributed by atoms with Gasteiger partial charge in [-0.15, -0.1) is 0 Å². The molecule has 4 atom stereocenters. The maximum atomic E-state index is 13.9. The highest BCUT2D eigenvalue weighted by atomic mass is 79.9. The number of nitrogens with zero attached hydrogens (tertiary/aromatic N) is 2. The van der Waals surface area contributed by atoms with Gasteiger partial charge in [-0.2, -0.15) is 0 Å². The lowest BCUT2D eigenvalue weighted by Crippen LogP contribution is -2.44. The number of halogens is 1. The SMILES string of the molecule is COc1ccc(N2C(=O)[C@@H]3[C@H](C2=O)[C@H]2c4ccccc4C=CN2[C@@H]3C(=O)c2ccc(Br)cc2)cc1. The van der Waals surface area contributed by atoms with Crippen LogP contribution in [0.1, 0.15) is 27.5 Å². The highest BCUT2D eigenvalue weighted by Gasteiger charge is 2.64. The summed E-state index contributed by atoms with van der Waals surface area (Å²) in [6.45, 7) is 0. The van der Waals surface area contributed by atoms with Crippen molar-refractivity contribution in [3.8, 4) is 5.75 Å². The molecule has 0 radical (unpaired) electrons. The first kappa shape index (κ1) is 21.8. The zero-order chi connectivity index (χ0) is 24.3. The van der Waals surface area contributed by atoms with Gasteiger partial charge in [-0.3, -0.25) is 14.4 Å². The van der Waals surface area contributed by atoms with Gasteiger partial charge in [0.2, 0.25) is 11.8 Å². The van der Waals surface area contributed by atoms with E-state index >= 15 is 0 Å². The largest absolute Gasteiger partial charge is 0.497 e. The Labute approximate surface area is 210 Å². The predicted octanol–water partition coefficient (Wildman–Crippen LogP) is 4.86. The Morgan fingerprint density at radius 1 is 0.886 bits per heavy atom. The number of rotatable bonds is 4. The number of ketones is 1. The van der Waals surface area contributed by atoms with Gasteiger partial charge < -0.3 is 9.64 Å². The minimum Gasteiger partial charge on any atom is -0.497 e. The van der Waals surface area contributed by atoms with Crippen LogP contribution in [0, 0.1) is 11.8 Å². The van der Waals surface area contributed by atoms with Crippen molar-refractivity contribution in [2.24, 2.45) is 11.8 Å². The molecule has 3 aromatic rings. The topological polar surface area (TPSA) is 66.9 Å². The van der Waals surface area contributed by atoms with Gasteiger partial charge in [-0.05, 0) is 53.6 Å². The summed E-state index contributed by atoms with van der Waals surface area (Å²) in [4.78, 5) is 44.8. The maximum absolute atomic E-state index is 13.9. The highest BCUT2D eigenvalue weighted by Crippen LogP contribution is 2.53. The molecule has 174 valence electrons. The zero-order valence-electron chi connectivity index (χ0n) is 18.8. The molecule has 3 heterocycles. The molecular weight excluding hydrogens is 508 g/mol. The second-order valence-corrected chi connectivity index (χ2v) is 9.83. The molecule has 3 aliphatic rings. The van der Waals surface area contributed by atoms with E-state index < -0.39 is 23.9 Å². The van der Waals surface area contributed by atoms with Crippen LogP contribution in [0.5, 0.6) is 5.75 Å². The maximum Gasteiger partial charge on any atom is 0.240 e. The number of carbonyl (C=O) groups is 3. The number of hydrogen-bond acceptors (Lipinski definition) is 5. The van der Waals surface area contributed by atoms with Gasteiger partial charge >= 0.3 is 0 Å². The molecule has 0 saturated carbocycles. The van der Waals surface area contributed by atoms with Crippen LogP contribution in [0.4, 0.5) is 5.69 Å². The summed E-state index contributed by atoms with van der Waals surface area (Å²) >= 11 is 3.41. The molecule has 3 aliphatic heterocycles. The highest BCUT2D eigenvalue weighted by molar-refractivity contribution is 9.10. The molecule has 6 nitrogen and oxygen atoms in total. The van der Waals surface area contributed by atoms with Crippen molar-refractivity contribution in [2.45, 2.75) is 12.1 Å². The lowest BCUT2D eigenvalue weighted by atomic mass is 9.83. The van der Waals surface area contributed by atoms with E-state index in [0.717, 1.165) is 15.6 Å². The Kier molecular flexibility index (Phi) is 5.11. The summed E-state index contributed by atoms with van der Waals surface area (Å²) in [5.74, 6) is -1.62. The number of hydrogen-bond donors (Lipinski definition) is 0. The third kappa shape index (κ3) is 3.26. The van der Waals surface area contributed by atoms with Crippen LogP contribution in [0.3, 0.4) is 0 Å². The normalized spacial score (nSPS) is 24.3. The number of fused-ring (bicyclic) bond motifs is 5. The van der Waals surface area contributed by atoms with Crippen LogP contribution in [0.25, 0.3) is 6.08 Å². The Morgan fingerprint density at radius 3 is 2.29 bits per heavy atom. The summed E-state index contributed by atoms with van der Waals surface area (Å²) in [6.07, 6.45) is 3.82. The first-order valence-electron chi connectivity index (χ1n) is 11.4. The fraction of sp³-hybridized carbons (Fsp3) is 0.179. The van der Waals surface area contributed by atoms with E-state index in [1.54, 1.807) is 43.5 Å². The quantitative estimate of drug-likeness (QED) is 0.357. The van der Waals surface area contributed by atoms with Gasteiger partial charge in [0.05, 0.1) is 30.7 Å². The number of anilines is 1. The number of methoxy groups -OCH3 is 1. The zero-order valence-corrected chi connectivity index (χ0v) is 20.4. The molecule has 0 aliphatic carbocycles. The first-order valence-corrected chi connectivity index (χ1v) is 12.1. The molecule has 0 bridgehead atoms. The van der Waals surface area contributed by atoms with Crippen molar-refractivity contribution in [3.63, 3.8) is 0 Å². The Hall–Kier alpha value is -3.71. The van der Waals surface area contributed by atoms with Crippen LogP contribution in [-0.4, -0.2) is 35.6 Å². The number of imide groups is 1. The van der Waals surface area contributed by atoms with E-state index in [2.05, 4.69) is 15.9 Å². The average Bonchev–Trinajstić information content (AvgIpc) is 3.36. The molecule has 2 saturated heterocycles. The van der Waals surface area contributed by atoms with Crippen LogP contribution >= 0.6 is 15.9 Å². The van der Waals surface area contributed by atoms with E-state index in [1.165, 1.54) is 4.90 Å². The summed E-state index contributed by atoms with van der Waals surface area (Å²) in [5, 5.41) is 0. The molecule has 0 spiro atoms. The number of benzene rings is 3. The Morgan fingerprint density at radius 2 is 1.57 bits per heavy atom. The predicted molar refractivity (Wildman–Crippen MR) is 135 cm³/mol. The molecule has 35 heavy (non-hydrogen) atoms. The van der Waals surface area contributed by atoms with Crippen molar-refractivity contribution in [1.82, 2.24) is 4.90 Å². The van der Waals surface area contributed by atoms with E-state index in [1.807, 2.05) is 53.6 Å². The van der Waals surface area contributed by atoms with Gasteiger partial charge in [0.1, 0.15) is 11.8 Å². The second-order valence-electron chi connectivity index (χ2n) is 8.91. The van der Waals surface area contributed by atoms with Crippen molar-refractivity contribution in [2.75, 3.05) is 12.0 Å². The monoisotopic (exact) mass is 528 g/mol. The molecule has 0 aromatic heterocycles. The smallest absolute Gasteiger partial charge is 0.240 e. The van der Waals surface area contributed by atoms with Crippen molar-refractivity contribution >= 4 is 45.3 Å². The second kappa shape index (κ2) is 8.20. The molecule has 3 aromatic carbocycles. The molecule has 0 N–H and O–H groups in total. The Bertz CT molecular complexity index is 1380. The van der Waals surface area contributed by atoms with Crippen molar-refractivity contribution in [3.05, 3.63) is 100 Å². The van der Waals surface area contributed by atoms with Gasteiger partial charge in [0.25, 0.3) is 0 Å². The molecular formula is C28H21BrN2O4. The lowest BCUT2D eigenvalue weighted by Gasteiger charge is -2.35. The summed E-state index contributed by atoms with van der Waals surface area (Å²) < 4.78 is 6.09. The van der Waals surface area contributed by atoms with Crippen LogP contribution in [0.2, 0.25) is 0 Å². The number of amides is 2. The fourth-order valence-electron chi connectivity index (χ4n) is 5.63. The van der Waals surface area contributed by atoms with E-state index in [9.17, 15) is 14.4 Å². The lowest BCUT2D eigenvalue weighted by molar-refractivity contribution is -0.123. The standard InChI is InChI=1S/C28H21BrN2O4/c1-35-20-12-10-19(11-13-20)31-27(33)22-23(28(31)34)25(26(32)17-6-8-18(29)9-7-17)30-15-14-16-4-2-3-5-21(16)24(22)30/h2-15,22-25H,1H3/t22-,23+,24+,25-/m0/s1. The average molecular weight is 529 g/mol. The van der Waals surface area contributed by atoms with Crippen LogP contribution < -0.4 is 9.64 Å². The van der Waals surface area contributed by atoms with E-state index in [0.29, 0.717) is 17.0 Å². The minimum absolute atomic E-state index is 0.170. The molecule has 2 amide bonds. The number of ether oxygens (including phenoxy) is 1. The summed E-state index contributed by atoms with van der Waals surface area (Å²) in [5.41, 5.74) is 2.94. The fourth-order valence-corrected chi connectivity index (χ4v) is 5.89. The van der Waals surface area contributed by atoms with E-state index in [-0.39, 0.29) is 17.6 Å². The third-order valence-corrected chi connectivity index (χ3v) is 7.72. The number of Topliss-reactive ketones (excluding diaryl/α,β-unsaturated/α-hetero) is 1. The molecule has 6 rings (SSSR count). The van der Waals surface area contributed by atoms with Gasteiger partial charge in [0, 0.05) is 16.2 Å². The van der Waals surface area contributed by atoms with Gasteiger partial charge in [0.15, 0.2) is 5.78 Å². The van der Waals surface area contributed by atoms with Crippen molar-refractivity contribution in [1.29, 1.82) is 0 Å². The van der Waals surface area contributed by atoms with Crippen LogP contribution in [-0.2, 0) is 9.59 Å². The van der Waals surface area contributed by atoms with Gasteiger partial charge in [-0.1, -0.05) is 52.3 Å². The Balaban J connectivity index is 1.47.